The fourth-order valence-corrected chi connectivity index (χ4v) is 3.51. The number of hydrogen-bond donors (Lipinski definition) is 0. The van der Waals surface area contributed by atoms with Crippen LogP contribution in [0.2, 0.25) is 0 Å². The van der Waals surface area contributed by atoms with Crippen molar-refractivity contribution in [2.75, 3.05) is 26.4 Å². The van der Waals surface area contributed by atoms with Gasteiger partial charge in [0.25, 0.3) is 0 Å². The quantitative estimate of drug-likeness (QED) is 0.415. The number of rotatable bonds is 13. The van der Waals surface area contributed by atoms with Gasteiger partial charge in [0.05, 0.1) is 12.7 Å². The second-order valence-corrected chi connectivity index (χ2v) is 7.64. The van der Waals surface area contributed by atoms with Crippen LogP contribution in [0.1, 0.15) is 70.8 Å². The first-order valence-electron chi connectivity index (χ1n) is 10.7. The monoisotopic (exact) mass is 362 g/mol. The van der Waals surface area contributed by atoms with E-state index in [1.165, 1.54) is 31.2 Å². The first-order valence-corrected chi connectivity index (χ1v) is 10.7. The highest BCUT2D eigenvalue weighted by atomic mass is 16.5. The Morgan fingerprint density at radius 2 is 1.58 bits per heavy atom. The van der Waals surface area contributed by atoms with E-state index >= 15 is 0 Å². The molecule has 1 aliphatic carbocycles. The van der Waals surface area contributed by atoms with Crippen molar-refractivity contribution in [2.45, 2.75) is 77.7 Å². The van der Waals surface area contributed by atoms with Gasteiger partial charge in [-0.15, -0.1) is 0 Å². The van der Waals surface area contributed by atoms with Crippen molar-refractivity contribution in [3.8, 4) is 5.75 Å². The third kappa shape index (κ3) is 9.05. The van der Waals surface area contributed by atoms with Gasteiger partial charge in [-0.05, 0) is 68.6 Å². The molecule has 26 heavy (non-hydrogen) atoms. The van der Waals surface area contributed by atoms with Gasteiger partial charge in [0, 0.05) is 19.8 Å². The van der Waals surface area contributed by atoms with Crippen molar-refractivity contribution < 1.29 is 14.2 Å². The van der Waals surface area contributed by atoms with E-state index in [0.29, 0.717) is 6.10 Å². The van der Waals surface area contributed by atoms with E-state index in [0.717, 1.165) is 70.2 Å². The second-order valence-electron chi connectivity index (χ2n) is 7.64. The van der Waals surface area contributed by atoms with Crippen LogP contribution in [-0.2, 0) is 15.9 Å². The molecule has 1 aromatic carbocycles. The topological polar surface area (TPSA) is 27.7 Å². The van der Waals surface area contributed by atoms with Gasteiger partial charge in [0.1, 0.15) is 5.75 Å². The van der Waals surface area contributed by atoms with Crippen molar-refractivity contribution in [1.29, 1.82) is 0 Å². The average Bonchev–Trinajstić information content (AvgIpc) is 2.66. The molecule has 2 rings (SSSR count). The van der Waals surface area contributed by atoms with Gasteiger partial charge in [-0.1, -0.05) is 38.8 Å². The first kappa shape index (κ1) is 21.2. The Morgan fingerprint density at radius 1 is 0.885 bits per heavy atom. The fraction of sp³-hybridized carbons (Fsp3) is 0.739. The minimum atomic E-state index is 0.512. The maximum Gasteiger partial charge on any atom is 0.119 e. The van der Waals surface area contributed by atoms with Crippen molar-refractivity contribution in [3.63, 3.8) is 0 Å². The lowest BCUT2D eigenvalue weighted by atomic mass is 9.89. The standard InChI is InChI=1S/C23H38O3/c1-3-21-11-13-22(14-12-21)25-17-6-4-15-24-16-5-7-18-26-23-10-8-9-20(2)19-23/h11-14,20,23H,3-10,15-19H2,1-2H3. The minimum Gasteiger partial charge on any atom is -0.494 e. The summed E-state index contributed by atoms with van der Waals surface area (Å²) in [4.78, 5) is 0. The number of ether oxygens (including phenoxy) is 3. The molecule has 0 aliphatic heterocycles. The van der Waals surface area contributed by atoms with Crippen LogP contribution in [0.25, 0.3) is 0 Å². The van der Waals surface area contributed by atoms with Gasteiger partial charge in [-0.2, -0.15) is 0 Å². The zero-order valence-corrected chi connectivity index (χ0v) is 16.9. The molecule has 2 unspecified atom stereocenters. The molecule has 1 saturated carbocycles. The Morgan fingerprint density at radius 3 is 2.27 bits per heavy atom. The molecule has 0 saturated heterocycles. The van der Waals surface area contributed by atoms with Crippen molar-refractivity contribution >= 4 is 0 Å². The van der Waals surface area contributed by atoms with Crippen molar-refractivity contribution in [3.05, 3.63) is 29.8 Å². The summed E-state index contributed by atoms with van der Waals surface area (Å²) < 4.78 is 17.5. The molecule has 1 aromatic rings. The Balaban J connectivity index is 1.34. The lowest BCUT2D eigenvalue weighted by Crippen LogP contribution is -2.21. The summed E-state index contributed by atoms with van der Waals surface area (Å²) in [6, 6.07) is 8.39. The van der Waals surface area contributed by atoms with Crippen LogP contribution < -0.4 is 4.74 Å². The van der Waals surface area contributed by atoms with Crippen LogP contribution in [0.3, 0.4) is 0 Å². The van der Waals surface area contributed by atoms with Gasteiger partial charge in [-0.3, -0.25) is 0 Å². The normalized spacial score (nSPS) is 20.2. The highest BCUT2D eigenvalue weighted by Gasteiger charge is 2.18. The zero-order chi connectivity index (χ0) is 18.5. The molecule has 0 bridgehead atoms. The predicted octanol–water partition coefficient (Wildman–Crippen LogP) is 5.80. The Bertz CT molecular complexity index is 457. The summed E-state index contributed by atoms with van der Waals surface area (Å²) >= 11 is 0. The van der Waals surface area contributed by atoms with Gasteiger partial charge >= 0.3 is 0 Å². The highest BCUT2D eigenvalue weighted by molar-refractivity contribution is 5.27. The number of benzene rings is 1. The number of hydrogen-bond acceptors (Lipinski definition) is 3. The van der Waals surface area contributed by atoms with E-state index in [1.807, 2.05) is 0 Å². The van der Waals surface area contributed by atoms with Crippen LogP contribution >= 0.6 is 0 Å². The first-order chi connectivity index (χ1) is 12.8. The Hall–Kier alpha value is -1.06. The lowest BCUT2D eigenvalue weighted by molar-refractivity contribution is 0.0107. The third-order valence-corrected chi connectivity index (χ3v) is 5.21. The zero-order valence-electron chi connectivity index (χ0n) is 16.9. The van der Waals surface area contributed by atoms with E-state index < -0.39 is 0 Å². The molecular formula is C23H38O3. The summed E-state index contributed by atoms with van der Waals surface area (Å²) in [5, 5.41) is 0. The van der Waals surface area contributed by atoms with Crippen LogP contribution in [-0.4, -0.2) is 32.5 Å². The molecule has 1 fully saturated rings. The predicted molar refractivity (Wildman–Crippen MR) is 108 cm³/mol. The molecule has 0 radical (unpaired) electrons. The molecule has 148 valence electrons. The van der Waals surface area contributed by atoms with Crippen LogP contribution in [0.5, 0.6) is 5.75 Å². The van der Waals surface area contributed by atoms with Gasteiger partial charge in [-0.25, -0.2) is 0 Å². The van der Waals surface area contributed by atoms with Gasteiger partial charge in [0.2, 0.25) is 0 Å². The van der Waals surface area contributed by atoms with E-state index in [9.17, 15) is 0 Å². The molecule has 0 amide bonds. The maximum atomic E-state index is 6.00. The largest absolute Gasteiger partial charge is 0.494 e. The highest BCUT2D eigenvalue weighted by Crippen LogP contribution is 2.25. The van der Waals surface area contributed by atoms with E-state index in [2.05, 4.69) is 38.1 Å². The molecule has 0 N–H and O–H groups in total. The number of aryl methyl sites for hydroxylation is 1. The summed E-state index contributed by atoms with van der Waals surface area (Å²) in [6.45, 7) is 7.85. The molecular weight excluding hydrogens is 324 g/mol. The van der Waals surface area contributed by atoms with E-state index in [1.54, 1.807) is 0 Å². The molecule has 0 aromatic heterocycles. The van der Waals surface area contributed by atoms with Crippen LogP contribution in [0, 0.1) is 5.92 Å². The molecule has 3 nitrogen and oxygen atoms in total. The summed E-state index contributed by atoms with van der Waals surface area (Å²) in [7, 11) is 0. The van der Waals surface area contributed by atoms with E-state index in [-0.39, 0.29) is 0 Å². The lowest BCUT2D eigenvalue weighted by Gasteiger charge is -2.26. The van der Waals surface area contributed by atoms with Gasteiger partial charge < -0.3 is 14.2 Å². The Kier molecular flexibility index (Phi) is 10.8. The van der Waals surface area contributed by atoms with Crippen molar-refractivity contribution in [1.82, 2.24) is 0 Å². The Labute approximate surface area is 160 Å². The second kappa shape index (κ2) is 13.2. The summed E-state index contributed by atoms with van der Waals surface area (Å²) in [6.07, 6.45) is 11.1. The molecule has 0 heterocycles. The molecule has 1 aliphatic rings. The summed E-state index contributed by atoms with van der Waals surface area (Å²) in [5.41, 5.74) is 1.35. The smallest absolute Gasteiger partial charge is 0.119 e. The molecule has 2 atom stereocenters. The SMILES string of the molecule is CCc1ccc(OCCCCOCCCCOC2CCCC(C)C2)cc1. The fourth-order valence-electron chi connectivity index (χ4n) is 3.51. The van der Waals surface area contributed by atoms with Gasteiger partial charge in [0.15, 0.2) is 0 Å². The average molecular weight is 363 g/mol. The van der Waals surface area contributed by atoms with E-state index in [4.69, 9.17) is 14.2 Å². The maximum absolute atomic E-state index is 6.00. The minimum absolute atomic E-state index is 0.512. The molecule has 0 spiro atoms. The summed E-state index contributed by atoms with van der Waals surface area (Å²) in [5.74, 6) is 1.81. The molecule has 3 heteroatoms. The van der Waals surface area contributed by atoms with Crippen LogP contribution in [0.15, 0.2) is 24.3 Å². The third-order valence-electron chi connectivity index (χ3n) is 5.21. The van der Waals surface area contributed by atoms with Crippen LogP contribution in [0.4, 0.5) is 0 Å². The van der Waals surface area contributed by atoms with Crippen molar-refractivity contribution in [2.24, 2.45) is 5.92 Å². The number of unbranched alkanes of at least 4 members (excludes halogenated alkanes) is 2.